The molecule has 1 fully saturated rings. The number of amides is 2. The van der Waals surface area contributed by atoms with E-state index in [1.165, 1.54) is 10.4 Å². The molecule has 0 atom stereocenters. The van der Waals surface area contributed by atoms with Crippen molar-refractivity contribution >= 4 is 27.5 Å². The van der Waals surface area contributed by atoms with Crippen LogP contribution in [0.4, 0.5) is 5.69 Å². The van der Waals surface area contributed by atoms with Crippen LogP contribution >= 0.6 is 0 Å². The highest BCUT2D eigenvalue weighted by Gasteiger charge is 2.33. The largest absolute Gasteiger partial charge is 0.351 e. The van der Waals surface area contributed by atoms with Crippen LogP contribution in [0.2, 0.25) is 0 Å². The number of hydrogen-bond donors (Lipinski definition) is 2. The van der Waals surface area contributed by atoms with Gasteiger partial charge in [-0.2, -0.15) is 4.31 Å². The molecule has 142 valence electrons. The first kappa shape index (κ1) is 18.8. The number of rotatable bonds is 3. The zero-order valence-electron chi connectivity index (χ0n) is 15.3. The zero-order chi connectivity index (χ0) is 19.1. The van der Waals surface area contributed by atoms with Crippen LogP contribution in [0.25, 0.3) is 0 Å². The van der Waals surface area contributed by atoms with E-state index in [0.717, 1.165) is 0 Å². The first-order valence-corrected chi connectivity index (χ1v) is 10.3. The average molecular weight is 379 g/mol. The molecular formula is C18H25N3O4S. The molecule has 0 aromatic heterocycles. The lowest BCUT2D eigenvalue weighted by atomic mass is 9.96. The number of nitrogens with one attached hydrogen (secondary N) is 2. The summed E-state index contributed by atoms with van der Waals surface area (Å²) in [5, 5.41) is 5.66. The van der Waals surface area contributed by atoms with Crippen molar-refractivity contribution < 1.29 is 18.0 Å². The number of nitrogens with zero attached hydrogens (tertiary/aromatic N) is 1. The smallest absolute Gasteiger partial charge is 0.243 e. The predicted molar refractivity (Wildman–Crippen MR) is 98.2 cm³/mol. The number of carbonyl (C=O) groups excluding carboxylic acids is 2. The molecule has 2 heterocycles. The van der Waals surface area contributed by atoms with Crippen LogP contribution in [-0.4, -0.2) is 43.2 Å². The van der Waals surface area contributed by atoms with Gasteiger partial charge in [0, 0.05) is 30.2 Å². The molecule has 2 aliphatic heterocycles. The number of benzene rings is 1. The van der Waals surface area contributed by atoms with Crippen molar-refractivity contribution in [3.05, 3.63) is 23.8 Å². The molecule has 3 rings (SSSR count). The fourth-order valence-electron chi connectivity index (χ4n) is 3.35. The maximum Gasteiger partial charge on any atom is 0.243 e. The highest BCUT2D eigenvalue weighted by atomic mass is 32.2. The van der Waals surface area contributed by atoms with Crippen molar-refractivity contribution in [2.24, 2.45) is 5.92 Å². The van der Waals surface area contributed by atoms with Gasteiger partial charge in [0.05, 0.1) is 11.3 Å². The van der Waals surface area contributed by atoms with Crippen LogP contribution in [-0.2, 0) is 26.0 Å². The van der Waals surface area contributed by atoms with Crippen LogP contribution in [0, 0.1) is 5.92 Å². The van der Waals surface area contributed by atoms with Crippen LogP contribution < -0.4 is 10.6 Å². The fourth-order valence-corrected chi connectivity index (χ4v) is 4.87. The molecule has 0 bridgehead atoms. The van der Waals surface area contributed by atoms with Gasteiger partial charge < -0.3 is 10.6 Å². The molecule has 0 saturated carbocycles. The van der Waals surface area contributed by atoms with Gasteiger partial charge in [0.25, 0.3) is 0 Å². The third-order valence-corrected chi connectivity index (χ3v) is 6.56. The number of carbonyl (C=O) groups is 2. The highest BCUT2D eigenvalue weighted by Crippen LogP contribution is 2.29. The molecule has 1 saturated heterocycles. The Labute approximate surface area is 154 Å². The second kappa shape index (κ2) is 6.66. The summed E-state index contributed by atoms with van der Waals surface area (Å²) in [7, 11) is -3.62. The minimum atomic E-state index is -3.62. The molecule has 26 heavy (non-hydrogen) atoms. The second-order valence-corrected chi connectivity index (χ2v) is 9.90. The number of sulfonamides is 1. The van der Waals surface area contributed by atoms with Crippen molar-refractivity contribution in [1.29, 1.82) is 0 Å². The average Bonchev–Trinajstić information content (AvgIpc) is 2.92. The lowest BCUT2D eigenvalue weighted by Crippen LogP contribution is -2.47. The molecule has 8 heteroatoms. The van der Waals surface area contributed by atoms with Crippen LogP contribution in [0.15, 0.2) is 23.1 Å². The Balaban J connectivity index is 1.68. The predicted octanol–water partition coefficient (Wildman–Crippen LogP) is 1.50. The fraction of sp³-hybridized carbons (Fsp3) is 0.556. The highest BCUT2D eigenvalue weighted by molar-refractivity contribution is 7.89. The molecule has 1 aromatic rings. The quantitative estimate of drug-likeness (QED) is 0.832. The monoisotopic (exact) mass is 379 g/mol. The van der Waals surface area contributed by atoms with Crippen molar-refractivity contribution in [1.82, 2.24) is 9.62 Å². The van der Waals surface area contributed by atoms with Crippen molar-refractivity contribution in [3.63, 3.8) is 0 Å². The van der Waals surface area contributed by atoms with Gasteiger partial charge in [-0.25, -0.2) is 8.42 Å². The summed E-state index contributed by atoms with van der Waals surface area (Å²) in [5.74, 6) is -0.306. The van der Waals surface area contributed by atoms with E-state index in [1.54, 1.807) is 12.1 Å². The number of fused-ring (bicyclic) bond motifs is 1. The van der Waals surface area contributed by atoms with E-state index in [0.29, 0.717) is 37.2 Å². The van der Waals surface area contributed by atoms with E-state index < -0.39 is 10.0 Å². The SMILES string of the molecule is CC(C)(C)NC(=O)C1CCN(S(=O)(=O)c2ccc3c(c2)CC(=O)N3)CC1. The Bertz CT molecular complexity index is 834. The van der Waals surface area contributed by atoms with E-state index in [-0.39, 0.29) is 34.6 Å². The molecule has 0 spiro atoms. The van der Waals surface area contributed by atoms with Crippen LogP contribution in [0.3, 0.4) is 0 Å². The molecule has 2 N–H and O–H groups in total. The maximum absolute atomic E-state index is 12.9. The van der Waals surface area contributed by atoms with Crippen molar-refractivity contribution in [2.75, 3.05) is 18.4 Å². The normalized spacial score (nSPS) is 19.1. The van der Waals surface area contributed by atoms with E-state index in [9.17, 15) is 18.0 Å². The van der Waals surface area contributed by atoms with E-state index in [1.807, 2.05) is 20.8 Å². The van der Waals surface area contributed by atoms with Gasteiger partial charge >= 0.3 is 0 Å². The molecule has 1 aromatic carbocycles. The lowest BCUT2D eigenvalue weighted by molar-refractivity contribution is -0.127. The molecule has 7 nitrogen and oxygen atoms in total. The van der Waals surface area contributed by atoms with Gasteiger partial charge in [-0.05, 0) is 57.4 Å². The number of hydrogen-bond acceptors (Lipinski definition) is 4. The Morgan fingerprint density at radius 2 is 1.88 bits per heavy atom. The molecule has 2 amide bonds. The molecule has 0 unspecified atom stereocenters. The summed E-state index contributed by atoms with van der Waals surface area (Å²) < 4.78 is 27.2. The van der Waals surface area contributed by atoms with Crippen molar-refractivity contribution in [2.45, 2.75) is 50.5 Å². The van der Waals surface area contributed by atoms with E-state index in [4.69, 9.17) is 0 Å². The van der Waals surface area contributed by atoms with E-state index >= 15 is 0 Å². The third kappa shape index (κ3) is 3.91. The van der Waals surface area contributed by atoms with Gasteiger partial charge in [-0.1, -0.05) is 0 Å². The summed E-state index contributed by atoms with van der Waals surface area (Å²) in [6.45, 7) is 6.42. The first-order valence-electron chi connectivity index (χ1n) is 8.81. The van der Waals surface area contributed by atoms with Gasteiger partial charge in [0.1, 0.15) is 0 Å². The third-order valence-electron chi connectivity index (χ3n) is 4.66. The van der Waals surface area contributed by atoms with Gasteiger partial charge in [-0.15, -0.1) is 0 Å². The molecular weight excluding hydrogens is 354 g/mol. The zero-order valence-corrected chi connectivity index (χ0v) is 16.1. The molecule has 0 radical (unpaired) electrons. The minimum Gasteiger partial charge on any atom is -0.351 e. The topological polar surface area (TPSA) is 95.6 Å². The lowest BCUT2D eigenvalue weighted by Gasteiger charge is -2.32. The molecule has 2 aliphatic rings. The summed E-state index contributed by atoms with van der Waals surface area (Å²) in [5.41, 5.74) is 1.08. The Hall–Kier alpha value is -1.93. The summed E-state index contributed by atoms with van der Waals surface area (Å²) in [6.07, 6.45) is 1.21. The Morgan fingerprint density at radius 1 is 1.23 bits per heavy atom. The first-order chi connectivity index (χ1) is 12.1. The second-order valence-electron chi connectivity index (χ2n) is 7.96. The number of anilines is 1. The Morgan fingerprint density at radius 3 is 2.50 bits per heavy atom. The summed E-state index contributed by atoms with van der Waals surface area (Å²) >= 11 is 0. The van der Waals surface area contributed by atoms with Crippen molar-refractivity contribution in [3.8, 4) is 0 Å². The maximum atomic E-state index is 12.9. The molecule has 0 aliphatic carbocycles. The summed E-state index contributed by atoms with van der Waals surface area (Å²) in [6, 6.07) is 4.73. The standard InChI is InChI=1S/C18H25N3O4S/c1-18(2,3)20-17(23)12-6-8-21(9-7-12)26(24,25)14-4-5-15-13(10-14)11-16(22)19-15/h4-5,10,12H,6-9,11H2,1-3H3,(H,19,22)(H,20,23). The van der Waals surface area contributed by atoms with Gasteiger partial charge in [0.15, 0.2) is 0 Å². The van der Waals surface area contributed by atoms with E-state index in [2.05, 4.69) is 10.6 Å². The summed E-state index contributed by atoms with van der Waals surface area (Å²) in [4.78, 5) is 23.9. The minimum absolute atomic E-state index is 0.0170. The van der Waals surface area contributed by atoms with Gasteiger partial charge in [0.2, 0.25) is 21.8 Å². The van der Waals surface area contributed by atoms with Crippen LogP contribution in [0.1, 0.15) is 39.2 Å². The van der Waals surface area contributed by atoms with Crippen LogP contribution in [0.5, 0.6) is 0 Å². The Kier molecular flexibility index (Phi) is 4.83. The number of piperidine rings is 1. The van der Waals surface area contributed by atoms with Gasteiger partial charge in [-0.3, -0.25) is 9.59 Å².